The van der Waals surface area contributed by atoms with Crippen LogP contribution in [-0.2, 0) is 18.4 Å². The number of hydrogen-bond donors (Lipinski definition) is 0. The van der Waals surface area contributed by atoms with Gasteiger partial charge in [0.25, 0.3) is 0 Å². The van der Waals surface area contributed by atoms with Gasteiger partial charge in [0.1, 0.15) is 23.7 Å². The minimum absolute atomic E-state index is 0.0303. The molecule has 0 atom stereocenters. The van der Waals surface area contributed by atoms with Gasteiger partial charge in [0.15, 0.2) is 0 Å². The first kappa shape index (κ1) is 21.6. The van der Waals surface area contributed by atoms with Crippen molar-refractivity contribution < 1.29 is 14.3 Å². The highest BCUT2D eigenvalue weighted by atomic mass is 16.6. The lowest BCUT2D eigenvalue weighted by atomic mass is 9.98. The maximum atomic E-state index is 12.6. The Morgan fingerprint density at radius 2 is 2.00 bits per heavy atom. The molecule has 168 valence electrons. The van der Waals surface area contributed by atoms with Crippen LogP contribution in [0.3, 0.4) is 0 Å². The van der Waals surface area contributed by atoms with Crippen molar-refractivity contribution in [3.63, 3.8) is 0 Å². The highest BCUT2D eigenvalue weighted by Crippen LogP contribution is 2.44. The van der Waals surface area contributed by atoms with Crippen molar-refractivity contribution in [2.75, 3.05) is 7.05 Å². The third-order valence-electron chi connectivity index (χ3n) is 6.87. The Kier molecular flexibility index (Phi) is 6.16. The van der Waals surface area contributed by atoms with Gasteiger partial charge in [0.05, 0.1) is 17.5 Å². The second-order valence-corrected chi connectivity index (χ2v) is 8.86. The van der Waals surface area contributed by atoms with E-state index in [-0.39, 0.29) is 24.3 Å². The van der Waals surface area contributed by atoms with E-state index in [2.05, 4.69) is 17.2 Å². The summed E-state index contributed by atoms with van der Waals surface area (Å²) in [5, 5.41) is 8.41. The molecule has 1 amide bonds. The zero-order chi connectivity index (χ0) is 22.0. The van der Waals surface area contributed by atoms with Gasteiger partial charge in [-0.15, -0.1) is 5.10 Å². The van der Waals surface area contributed by atoms with E-state index in [4.69, 9.17) is 14.5 Å². The van der Waals surface area contributed by atoms with Crippen LogP contribution in [0.4, 0.5) is 4.79 Å². The monoisotopic (exact) mass is 427 g/mol. The Morgan fingerprint density at radius 1 is 1.26 bits per heavy atom. The van der Waals surface area contributed by atoms with E-state index in [1.165, 1.54) is 19.3 Å². The SMILES string of the molecule is CCC1(N(C)C(=O)OCc2c(-c3ccc(OC4CCCCC4)c(C)n3)nnn2C)CC1. The highest BCUT2D eigenvalue weighted by Gasteiger charge is 2.47. The molecule has 0 unspecified atom stereocenters. The van der Waals surface area contributed by atoms with Gasteiger partial charge in [-0.1, -0.05) is 18.6 Å². The number of hydrogen-bond acceptors (Lipinski definition) is 6. The highest BCUT2D eigenvalue weighted by molar-refractivity contribution is 5.69. The first-order valence-corrected chi connectivity index (χ1v) is 11.4. The molecule has 0 N–H and O–H groups in total. The smallest absolute Gasteiger partial charge is 0.410 e. The Hall–Kier alpha value is -2.64. The van der Waals surface area contributed by atoms with E-state index in [1.807, 2.05) is 26.1 Å². The molecule has 0 aromatic carbocycles. The number of rotatable bonds is 7. The fourth-order valence-electron chi connectivity index (χ4n) is 4.40. The van der Waals surface area contributed by atoms with E-state index in [0.29, 0.717) is 11.4 Å². The van der Waals surface area contributed by atoms with Gasteiger partial charge in [-0.2, -0.15) is 0 Å². The maximum absolute atomic E-state index is 12.6. The number of aryl methyl sites for hydroxylation is 2. The first-order valence-electron chi connectivity index (χ1n) is 11.4. The summed E-state index contributed by atoms with van der Waals surface area (Å²) < 4.78 is 13.4. The summed E-state index contributed by atoms with van der Waals surface area (Å²) in [5.74, 6) is 0.823. The molecule has 2 saturated carbocycles. The van der Waals surface area contributed by atoms with E-state index >= 15 is 0 Å². The summed E-state index contributed by atoms with van der Waals surface area (Å²) in [6.07, 6.45) is 8.94. The largest absolute Gasteiger partial charge is 0.489 e. The zero-order valence-corrected chi connectivity index (χ0v) is 19.1. The molecule has 8 heteroatoms. The number of pyridine rings is 1. The quantitative estimate of drug-likeness (QED) is 0.651. The molecule has 2 aromatic heterocycles. The molecule has 0 aliphatic heterocycles. The molecule has 31 heavy (non-hydrogen) atoms. The third-order valence-corrected chi connectivity index (χ3v) is 6.87. The minimum atomic E-state index is -0.313. The van der Waals surface area contributed by atoms with Crippen molar-refractivity contribution in [1.29, 1.82) is 0 Å². The first-order chi connectivity index (χ1) is 14.9. The van der Waals surface area contributed by atoms with E-state index in [1.54, 1.807) is 16.6 Å². The standard InChI is InChI=1S/C23H33N5O3/c1-5-23(13-14-23)27(3)22(29)30-15-19-21(25-26-28(19)4)18-11-12-20(16(2)24-18)31-17-9-7-6-8-10-17/h11-12,17H,5-10,13-15H2,1-4H3. The number of carbonyl (C=O) groups excluding carboxylic acids is 1. The number of aromatic nitrogens is 4. The van der Waals surface area contributed by atoms with E-state index in [0.717, 1.165) is 49.2 Å². The lowest BCUT2D eigenvalue weighted by Crippen LogP contribution is -2.38. The molecule has 4 rings (SSSR count). The number of carbonyl (C=O) groups is 1. The summed E-state index contributed by atoms with van der Waals surface area (Å²) in [7, 11) is 3.61. The second kappa shape index (κ2) is 8.85. The van der Waals surface area contributed by atoms with Crippen LogP contribution in [0.15, 0.2) is 12.1 Å². The topological polar surface area (TPSA) is 82.4 Å². The predicted molar refractivity (Wildman–Crippen MR) is 117 cm³/mol. The van der Waals surface area contributed by atoms with Crippen molar-refractivity contribution in [1.82, 2.24) is 24.9 Å². The molecule has 2 aliphatic carbocycles. The summed E-state index contributed by atoms with van der Waals surface area (Å²) in [6.45, 7) is 4.16. The van der Waals surface area contributed by atoms with Crippen LogP contribution in [0, 0.1) is 6.92 Å². The molecule has 0 spiro atoms. The Morgan fingerprint density at radius 3 is 2.65 bits per heavy atom. The summed E-state index contributed by atoms with van der Waals surface area (Å²) in [6, 6.07) is 3.87. The molecule has 2 fully saturated rings. The number of amides is 1. The number of ether oxygens (including phenoxy) is 2. The fourth-order valence-corrected chi connectivity index (χ4v) is 4.40. The molecule has 8 nitrogen and oxygen atoms in total. The molecule has 0 saturated heterocycles. The Labute approximate surface area is 183 Å². The molecule has 0 radical (unpaired) electrons. The average Bonchev–Trinajstić information content (AvgIpc) is 3.50. The lowest BCUT2D eigenvalue weighted by molar-refractivity contribution is 0.0836. The molecule has 0 bridgehead atoms. The third kappa shape index (κ3) is 4.52. The van der Waals surface area contributed by atoms with Crippen molar-refractivity contribution in [3.05, 3.63) is 23.5 Å². The zero-order valence-electron chi connectivity index (χ0n) is 19.1. The summed E-state index contributed by atoms with van der Waals surface area (Å²) in [5.41, 5.74) is 2.85. The fraction of sp³-hybridized carbons (Fsp3) is 0.652. The van der Waals surface area contributed by atoms with Crippen LogP contribution in [0.25, 0.3) is 11.4 Å². The normalized spacial score (nSPS) is 17.9. The van der Waals surface area contributed by atoms with Crippen molar-refractivity contribution in [2.24, 2.45) is 7.05 Å². The average molecular weight is 428 g/mol. The lowest BCUT2D eigenvalue weighted by Gasteiger charge is -2.26. The van der Waals surface area contributed by atoms with Crippen LogP contribution >= 0.6 is 0 Å². The molecule has 2 heterocycles. The predicted octanol–water partition coefficient (Wildman–Crippen LogP) is 4.41. The van der Waals surface area contributed by atoms with Gasteiger partial charge in [0, 0.05) is 19.6 Å². The minimum Gasteiger partial charge on any atom is -0.489 e. The van der Waals surface area contributed by atoms with Gasteiger partial charge in [0.2, 0.25) is 0 Å². The van der Waals surface area contributed by atoms with Crippen molar-refractivity contribution >= 4 is 6.09 Å². The van der Waals surface area contributed by atoms with Crippen molar-refractivity contribution in [2.45, 2.75) is 83.5 Å². The summed E-state index contributed by atoms with van der Waals surface area (Å²) >= 11 is 0. The van der Waals surface area contributed by atoms with Crippen LogP contribution in [0.5, 0.6) is 5.75 Å². The molecular weight excluding hydrogens is 394 g/mol. The van der Waals surface area contributed by atoms with Crippen molar-refractivity contribution in [3.8, 4) is 17.1 Å². The van der Waals surface area contributed by atoms with Crippen LogP contribution in [-0.4, -0.2) is 49.7 Å². The molecule has 2 aliphatic rings. The molecule has 2 aromatic rings. The van der Waals surface area contributed by atoms with E-state index in [9.17, 15) is 4.79 Å². The van der Waals surface area contributed by atoms with Gasteiger partial charge in [-0.25, -0.2) is 14.5 Å². The van der Waals surface area contributed by atoms with E-state index < -0.39 is 0 Å². The Balaban J connectivity index is 1.45. The van der Waals surface area contributed by atoms with Crippen LogP contribution in [0.1, 0.15) is 69.7 Å². The van der Waals surface area contributed by atoms with Crippen LogP contribution in [0.2, 0.25) is 0 Å². The van der Waals surface area contributed by atoms with Gasteiger partial charge in [-0.05, 0) is 64.0 Å². The number of nitrogens with zero attached hydrogens (tertiary/aromatic N) is 5. The van der Waals surface area contributed by atoms with Gasteiger partial charge >= 0.3 is 6.09 Å². The van der Waals surface area contributed by atoms with Gasteiger partial charge < -0.3 is 14.4 Å². The Bertz CT molecular complexity index is 931. The van der Waals surface area contributed by atoms with Gasteiger partial charge in [-0.3, -0.25) is 0 Å². The maximum Gasteiger partial charge on any atom is 0.410 e. The van der Waals surface area contributed by atoms with Crippen LogP contribution < -0.4 is 4.74 Å². The second-order valence-electron chi connectivity index (χ2n) is 8.86. The summed E-state index contributed by atoms with van der Waals surface area (Å²) in [4.78, 5) is 19.0. The molecular formula is C23H33N5O3.